The number of non-ortho nitro benzene ring substituents is 1. The molecule has 0 aliphatic carbocycles. The van der Waals surface area contributed by atoms with E-state index in [4.69, 9.17) is 10.5 Å². The molecule has 0 bridgehead atoms. The Morgan fingerprint density at radius 1 is 1.44 bits per heavy atom. The summed E-state index contributed by atoms with van der Waals surface area (Å²) in [6.45, 7) is 3.13. The molecule has 2 unspecified atom stereocenters. The summed E-state index contributed by atoms with van der Waals surface area (Å²) >= 11 is 0. The number of nitrogens with two attached hydrogens (primary N) is 1. The van der Waals surface area contributed by atoms with Crippen molar-refractivity contribution in [3.05, 3.63) is 39.9 Å². The number of hydrogen-bond donors (Lipinski definition) is 2. The number of carbonyl (C=O) groups is 2. The highest BCUT2D eigenvalue weighted by atomic mass is 16.6. The van der Waals surface area contributed by atoms with Gasteiger partial charge in [0.15, 0.2) is 0 Å². The topological polar surface area (TPSA) is 161 Å². The average molecular weight is 347 g/mol. The van der Waals surface area contributed by atoms with Gasteiger partial charge in [0.05, 0.1) is 29.2 Å². The van der Waals surface area contributed by atoms with Gasteiger partial charge < -0.3 is 10.5 Å². The van der Waals surface area contributed by atoms with Crippen LogP contribution in [0.5, 0.6) is 0 Å². The molecule has 10 nitrogen and oxygen atoms in total. The SMILES string of the molecule is CCOC(=O)C(/C(C)=N/NC(N)=O)C(C#N)c1ccc([N+](=O)[O-])cc1. The Hall–Kier alpha value is -3.48. The van der Waals surface area contributed by atoms with Crippen LogP contribution >= 0.6 is 0 Å². The van der Waals surface area contributed by atoms with Crippen LogP contribution in [0.1, 0.15) is 25.3 Å². The Morgan fingerprint density at radius 3 is 2.48 bits per heavy atom. The fourth-order valence-electron chi connectivity index (χ4n) is 2.14. The monoisotopic (exact) mass is 347 g/mol. The molecule has 0 saturated heterocycles. The van der Waals surface area contributed by atoms with E-state index >= 15 is 0 Å². The molecule has 0 heterocycles. The molecule has 0 fully saturated rings. The van der Waals surface area contributed by atoms with Gasteiger partial charge in [-0.2, -0.15) is 10.4 Å². The number of rotatable bonds is 7. The van der Waals surface area contributed by atoms with Gasteiger partial charge in [-0.25, -0.2) is 10.2 Å². The summed E-state index contributed by atoms with van der Waals surface area (Å²) in [4.78, 5) is 33.2. The zero-order valence-electron chi connectivity index (χ0n) is 13.6. The van der Waals surface area contributed by atoms with E-state index in [1.54, 1.807) is 6.92 Å². The van der Waals surface area contributed by atoms with Crippen molar-refractivity contribution >= 4 is 23.4 Å². The predicted octanol–water partition coefficient (Wildman–Crippen LogP) is 1.43. The Labute approximate surface area is 143 Å². The molecule has 0 aliphatic rings. The maximum absolute atomic E-state index is 12.3. The second kappa shape index (κ2) is 8.97. The molecule has 0 aromatic heterocycles. The fraction of sp³-hybridized carbons (Fsp3) is 0.333. The maximum Gasteiger partial charge on any atom is 0.332 e. The third kappa shape index (κ3) is 5.28. The zero-order valence-corrected chi connectivity index (χ0v) is 13.6. The summed E-state index contributed by atoms with van der Waals surface area (Å²) in [5, 5.41) is 23.9. The van der Waals surface area contributed by atoms with Gasteiger partial charge in [0.25, 0.3) is 5.69 Å². The number of primary amides is 1. The van der Waals surface area contributed by atoms with Gasteiger partial charge in [-0.15, -0.1) is 0 Å². The van der Waals surface area contributed by atoms with Crippen LogP contribution < -0.4 is 11.2 Å². The fourth-order valence-corrected chi connectivity index (χ4v) is 2.14. The second-order valence-electron chi connectivity index (χ2n) is 4.91. The van der Waals surface area contributed by atoms with Crippen LogP contribution in [0.3, 0.4) is 0 Å². The smallest absolute Gasteiger partial charge is 0.332 e. The van der Waals surface area contributed by atoms with Crippen molar-refractivity contribution in [1.82, 2.24) is 5.43 Å². The molecule has 2 amide bonds. The number of benzene rings is 1. The minimum Gasteiger partial charge on any atom is -0.465 e. The highest BCUT2D eigenvalue weighted by Crippen LogP contribution is 2.28. The minimum atomic E-state index is -1.11. The molecule has 132 valence electrons. The van der Waals surface area contributed by atoms with Crippen LogP contribution in [-0.4, -0.2) is 29.2 Å². The summed E-state index contributed by atoms with van der Waals surface area (Å²) in [6, 6.07) is 6.28. The first kappa shape index (κ1) is 19.6. The Kier molecular flexibility index (Phi) is 7.02. The van der Waals surface area contributed by atoms with Gasteiger partial charge in [-0.3, -0.25) is 14.9 Å². The summed E-state index contributed by atoms with van der Waals surface area (Å²) in [5.41, 5.74) is 7.28. The van der Waals surface area contributed by atoms with Gasteiger partial charge in [-0.1, -0.05) is 12.1 Å². The van der Waals surface area contributed by atoms with E-state index in [0.29, 0.717) is 5.56 Å². The van der Waals surface area contributed by atoms with Crippen LogP contribution in [0.15, 0.2) is 29.4 Å². The van der Waals surface area contributed by atoms with Crippen LogP contribution in [0, 0.1) is 27.4 Å². The number of nitro benzene ring substituents is 1. The highest BCUT2D eigenvalue weighted by Gasteiger charge is 2.34. The van der Waals surface area contributed by atoms with E-state index in [1.807, 2.05) is 11.5 Å². The molecule has 1 rings (SSSR count). The van der Waals surface area contributed by atoms with Crippen molar-refractivity contribution < 1.29 is 19.2 Å². The molecule has 3 N–H and O–H groups in total. The lowest BCUT2D eigenvalue weighted by Gasteiger charge is -2.20. The van der Waals surface area contributed by atoms with E-state index in [0.717, 1.165) is 0 Å². The van der Waals surface area contributed by atoms with E-state index in [1.165, 1.54) is 31.2 Å². The van der Waals surface area contributed by atoms with Crippen LogP contribution in [0.4, 0.5) is 10.5 Å². The lowest BCUT2D eigenvalue weighted by atomic mass is 9.84. The number of esters is 1. The molecular formula is C15H17N5O5. The molecule has 0 saturated carbocycles. The van der Waals surface area contributed by atoms with Gasteiger partial charge in [0, 0.05) is 12.1 Å². The van der Waals surface area contributed by atoms with Gasteiger partial charge in [0.1, 0.15) is 5.92 Å². The average Bonchev–Trinajstić information content (AvgIpc) is 2.57. The third-order valence-corrected chi connectivity index (χ3v) is 3.27. The van der Waals surface area contributed by atoms with E-state index < -0.39 is 28.8 Å². The lowest BCUT2D eigenvalue weighted by Crippen LogP contribution is -2.33. The van der Waals surface area contributed by atoms with E-state index in [-0.39, 0.29) is 18.0 Å². The van der Waals surface area contributed by atoms with Crippen LogP contribution in [-0.2, 0) is 9.53 Å². The minimum absolute atomic E-state index is 0.0876. The summed E-state index contributed by atoms with van der Waals surface area (Å²) < 4.78 is 4.98. The number of nitrogens with zero attached hydrogens (tertiary/aromatic N) is 3. The first-order chi connectivity index (χ1) is 11.8. The number of nitro groups is 1. The third-order valence-electron chi connectivity index (χ3n) is 3.27. The number of urea groups is 1. The molecule has 1 aromatic carbocycles. The van der Waals surface area contributed by atoms with Crippen molar-refractivity contribution in [3.63, 3.8) is 0 Å². The molecule has 25 heavy (non-hydrogen) atoms. The standard InChI is InChI=1S/C15H17N5O5/c1-3-25-14(21)13(9(2)18-19-15(17)22)12(8-16)10-4-6-11(7-5-10)20(23)24/h4-7,12-13H,3H2,1-2H3,(H3,17,19,22)/b18-9+. The molecule has 10 heteroatoms. The summed E-state index contributed by atoms with van der Waals surface area (Å²) in [7, 11) is 0. The molecule has 2 atom stereocenters. The number of hydrogen-bond acceptors (Lipinski definition) is 7. The van der Waals surface area contributed by atoms with Crippen molar-refractivity contribution in [1.29, 1.82) is 5.26 Å². The molecule has 0 spiro atoms. The van der Waals surface area contributed by atoms with Crippen molar-refractivity contribution in [2.24, 2.45) is 16.8 Å². The number of nitrogens with one attached hydrogen (secondary N) is 1. The Balaban J connectivity index is 3.26. The van der Waals surface area contributed by atoms with Crippen molar-refractivity contribution in [2.75, 3.05) is 6.61 Å². The van der Waals surface area contributed by atoms with Gasteiger partial charge in [0.2, 0.25) is 0 Å². The van der Waals surface area contributed by atoms with E-state index in [9.17, 15) is 25.0 Å². The molecule has 1 aromatic rings. The number of amides is 2. The molecule has 0 aliphatic heterocycles. The maximum atomic E-state index is 12.3. The quantitative estimate of drug-likeness (QED) is 0.328. The van der Waals surface area contributed by atoms with Crippen molar-refractivity contribution in [2.45, 2.75) is 19.8 Å². The number of nitriles is 1. The summed E-state index contributed by atoms with van der Waals surface area (Å²) in [6.07, 6.45) is 0. The zero-order chi connectivity index (χ0) is 19.0. The van der Waals surface area contributed by atoms with Gasteiger partial charge in [-0.05, 0) is 19.4 Å². The second-order valence-corrected chi connectivity index (χ2v) is 4.91. The predicted molar refractivity (Wildman–Crippen MR) is 87.4 cm³/mol. The summed E-state index contributed by atoms with van der Waals surface area (Å²) in [5.74, 6) is -2.84. The van der Waals surface area contributed by atoms with E-state index in [2.05, 4.69) is 5.10 Å². The first-order valence-electron chi connectivity index (χ1n) is 7.22. The van der Waals surface area contributed by atoms with Crippen LogP contribution in [0.25, 0.3) is 0 Å². The van der Waals surface area contributed by atoms with Gasteiger partial charge >= 0.3 is 12.0 Å². The Morgan fingerprint density at radius 2 is 2.04 bits per heavy atom. The molecule has 0 radical (unpaired) electrons. The largest absolute Gasteiger partial charge is 0.465 e. The normalized spacial score (nSPS) is 13.2. The lowest BCUT2D eigenvalue weighted by molar-refractivity contribution is -0.384. The molecular weight excluding hydrogens is 330 g/mol. The number of hydrazone groups is 1. The Bertz CT molecular complexity index is 723. The first-order valence-corrected chi connectivity index (χ1v) is 7.22. The van der Waals surface area contributed by atoms with Crippen molar-refractivity contribution in [3.8, 4) is 6.07 Å². The highest BCUT2D eigenvalue weighted by molar-refractivity contribution is 6.02. The van der Waals surface area contributed by atoms with Crippen LogP contribution in [0.2, 0.25) is 0 Å². The number of carbonyl (C=O) groups excluding carboxylic acids is 2. The number of ether oxygens (including phenoxy) is 1.